The lowest BCUT2D eigenvalue weighted by molar-refractivity contribution is -0.137. The second-order valence-electron chi connectivity index (χ2n) is 7.19. The fourth-order valence-electron chi connectivity index (χ4n) is 3.76. The summed E-state index contributed by atoms with van der Waals surface area (Å²) in [5, 5.41) is 22.1. The summed E-state index contributed by atoms with van der Waals surface area (Å²) in [7, 11) is 0. The number of halogens is 3. The van der Waals surface area contributed by atoms with Crippen molar-refractivity contribution in [1.82, 2.24) is 10.2 Å². The number of aliphatic hydroxyl groups excluding tert-OH is 1. The first-order valence-electron chi connectivity index (χ1n) is 9.66. The first-order chi connectivity index (χ1) is 14.3. The van der Waals surface area contributed by atoms with Crippen LogP contribution in [0, 0.1) is 11.3 Å². The van der Waals surface area contributed by atoms with Gasteiger partial charge in [-0.2, -0.15) is 18.4 Å². The van der Waals surface area contributed by atoms with Crippen molar-refractivity contribution in [3.05, 3.63) is 59.7 Å². The first-order valence-corrected chi connectivity index (χ1v) is 9.66. The van der Waals surface area contributed by atoms with E-state index < -0.39 is 23.8 Å². The summed E-state index contributed by atoms with van der Waals surface area (Å²) in [5.74, 6) is -0.339. The molecule has 8 heteroatoms. The van der Waals surface area contributed by atoms with Crippen LogP contribution in [0.5, 0.6) is 0 Å². The topological polar surface area (TPSA) is 76.4 Å². The zero-order chi connectivity index (χ0) is 21.9. The summed E-state index contributed by atoms with van der Waals surface area (Å²) < 4.78 is 38.2. The summed E-state index contributed by atoms with van der Waals surface area (Å²) in [6, 6.07) is 12.5. The van der Waals surface area contributed by atoms with Crippen LogP contribution in [0.4, 0.5) is 18.0 Å². The number of amides is 2. The number of hydrogen-bond donors (Lipinski definition) is 2. The summed E-state index contributed by atoms with van der Waals surface area (Å²) in [6.45, 7) is 2.13. The number of benzene rings is 2. The molecule has 1 aliphatic heterocycles. The highest BCUT2D eigenvalue weighted by atomic mass is 19.4. The van der Waals surface area contributed by atoms with Gasteiger partial charge in [0.1, 0.15) is 6.04 Å². The van der Waals surface area contributed by atoms with Gasteiger partial charge in [0.05, 0.1) is 24.3 Å². The summed E-state index contributed by atoms with van der Waals surface area (Å²) in [4.78, 5) is 13.7. The third-order valence-corrected chi connectivity index (χ3v) is 5.33. The van der Waals surface area contributed by atoms with Gasteiger partial charge in [0.15, 0.2) is 0 Å². The number of nitriles is 1. The molecule has 1 heterocycles. The zero-order valence-electron chi connectivity index (χ0n) is 16.4. The molecule has 2 aromatic carbocycles. The molecule has 0 radical (unpaired) electrons. The van der Waals surface area contributed by atoms with Gasteiger partial charge in [-0.05, 0) is 35.2 Å². The lowest BCUT2D eigenvalue weighted by Gasteiger charge is -2.51. The average molecular weight is 417 g/mol. The molecule has 2 aromatic rings. The number of likely N-dealkylation sites (tertiary alicyclic amines) is 1. The molecule has 158 valence electrons. The van der Waals surface area contributed by atoms with Gasteiger partial charge < -0.3 is 15.3 Å². The Morgan fingerprint density at radius 3 is 2.17 bits per heavy atom. The van der Waals surface area contributed by atoms with Crippen LogP contribution in [0.1, 0.15) is 30.4 Å². The third-order valence-electron chi connectivity index (χ3n) is 5.33. The van der Waals surface area contributed by atoms with Crippen molar-refractivity contribution in [3.63, 3.8) is 0 Å². The van der Waals surface area contributed by atoms with Gasteiger partial charge >= 0.3 is 12.2 Å². The Balaban J connectivity index is 1.78. The number of nitrogens with one attached hydrogen (secondary N) is 1. The van der Waals surface area contributed by atoms with E-state index in [0.29, 0.717) is 12.1 Å². The molecule has 1 aliphatic rings. The Hall–Kier alpha value is -3.05. The number of aliphatic hydroxyl groups is 1. The normalized spacial score (nSPS) is 20.9. The Labute approximate surface area is 172 Å². The van der Waals surface area contributed by atoms with Crippen molar-refractivity contribution < 1.29 is 23.1 Å². The van der Waals surface area contributed by atoms with Gasteiger partial charge in [0.2, 0.25) is 0 Å². The predicted molar refractivity (Wildman–Crippen MR) is 105 cm³/mol. The molecular formula is C22H22F3N3O2. The van der Waals surface area contributed by atoms with E-state index in [-0.39, 0.29) is 18.6 Å². The van der Waals surface area contributed by atoms with Crippen LogP contribution in [-0.4, -0.2) is 41.3 Å². The Morgan fingerprint density at radius 2 is 1.70 bits per heavy atom. The number of rotatable bonds is 5. The highest BCUT2D eigenvalue weighted by Crippen LogP contribution is 2.41. The second-order valence-corrected chi connectivity index (χ2v) is 7.19. The van der Waals surface area contributed by atoms with Crippen LogP contribution >= 0.6 is 0 Å². The molecule has 0 aliphatic carbocycles. The molecule has 0 unspecified atom stereocenters. The number of urea groups is 1. The minimum absolute atomic E-state index is 0.275. The van der Waals surface area contributed by atoms with E-state index in [0.717, 1.165) is 29.7 Å². The molecule has 5 nitrogen and oxygen atoms in total. The molecule has 2 amide bonds. The van der Waals surface area contributed by atoms with Gasteiger partial charge in [0, 0.05) is 12.5 Å². The van der Waals surface area contributed by atoms with Gasteiger partial charge in [-0.25, -0.2) is 4.79 Å². The van der Waals surface area contributed by atoms with Crippen LogP contribution < -0.4 is 5.32 Å². The third kappa shape index (κ3) is 4.12. The van der Waals surface area contributed by atoms with Crippen molar-refractivity contribution in [3.8, 4) is 17.2 Å². The first kappa shape index (κ1) is 21.7. The van der Waals surface area contributed by atoms with E-state index in [1.54, 1.807) is 24.3 Å². The predicted octanol–water partition coefficient (Wildman–Crippen LogP) is 4.14. The summed E-state index contributed by atoms with van der Waals surface area (Å²) >= 11 is 0. The quantitative estimate of drug-likeness (QED) is 0.768. The number of alkyl halides is 3. The number of nitrogens with zero attached hydrogens (tertiary/aromatic N) is 2. The van der Waals surface area contributed by atoms with Crippen molar-refractivity contribution in [2.45, 2.75) is 37.5 Å². The lowest BCUT2D eigenvalue weighted by Crippen LogP contribution is -2.67. The van der Waals surface area contributed by atoms with Gasteiger partial charge in [-0.3, -0.25) is 0 Å². The number of carbonyl (C=O) groups is 1. The number of hydrogen-bond acceptors (Lipinski definition) is 3. The Bertz CT molecular complexity index is 921. The zero-order valence-corrected chi connectivity index (χ0v) is 16.4. The van der Waals surface area contributed by atoms with E-state index in [1.165, 1.54) is 17.0 Å². The van der Waals surface area contributed by atoms with E-state index in [9.17, 15) is 28.3 Å². The molecule has 1 saturated heterocycles. The van der Waals surface area contributed by atoms with Crippen LogP contribution in [0.2, 0.25) is 0 Å². The maximum absolute atomic E-state index is 12.7. The lowest BCUT2D eigenvalue weighted by atomic mass is 9.76. The van der Waals surface area contributed by atoms with E-state index in [2.05, 4.69) is 11.4 Å². The monoisotopic (exact) mass is 417 g/mol. The molecule has 3 atom stereocenters. The van der Waals surface area contributed by atoms with Gasteiger partial charge in [0.25, 0.3) is 0 Å². The minimum Gasteiger partial charge on any atom is -0.394 e. The van der Waals surface area contributed by atoms with Crippen LogP contribution in [0.15, 0.2) is 48.5 Å². The van der Waals surface area contributed by atoms with Crippen molar-refractivity contribution >= 4 is 6.03 Å². The highest BCUT2D eigenvalue weighted by molar-refractivity contribution is 5.77. The van der Waals surface area contributed by atoms with Crippen molar-refractivity contribution in [1.29, 1.82) is 5.26 Å². The molecule has 30 heavy (non-hydrogen) atoms. The molecule has 2 N–H and O–H groups in total. The summed E-state index contributed by atoms with van der Waals surface area (Å²) in [6.07, 6.45) is -3.62. The van der Waals surface area contributed by atoms with Crippen molar-refractivity contribution in [2.24, 2.45) is 0 Å². The fourth-order valence-corrected chi connectivity index (χ4v) is 3.76. The fraction of sp³-hybridized carbons (Fsp3) is 0.364. The van der Waals surface area contributed by atoms with Gasteiger partial charge in [-0.15, -0.1) is 0 Å². The Morgan fingerprint density at radius 1 is 1.13 bits per heavy atom. The standard InChI is InChI=1S/C22H22F3N3O2/c1-2-11-27-21(30)28-18(12-26)20(19(28)13-29)16-5-3-14(4-6-16)15-7-9-17(10-8-15)22(23,24)25/h3-10,18-20,29H,2,11,13H2,1H3,(H,27,30)/t18-,19-,20+/m1/s1. The molecule has 3 rings (SSSR count). The maximum Gasteiger partial charge on any atom is 0.416 e. The van der Waals surface area contributed by atoms with E-state index in [4.69, 9.17) is 0 Å². The SMILES string of the molecule is CCCNC(=O)N1[C@H](C#N)[C@H](c2ccc(-c3ccc(C(F)(F)F)cc3)cc2)[C@H]1CO. The van der Waals surface area contributed by atoms with E-state index >= 15 is 0 Å². The average Bonchev–Trinajstić information content (AvgIpc) is 2.72. The largest absolute Gasteiger partial charge is 0.416 e. The molecule has 0 spiro atoms. The maximum atomic E-state index is 12.7. The highest BCUT2D eigenvalue weighted by Gasteiger charge is 2.51. The smallest absolute Gasteiger partial charge is 0.394 e. The van der Waals surface area contributed by atoms with E-state index in [1.807, 2.05) is 6.92 Å². The van der Waals surface area contributed by atoms with Crippen molar-refractivity contribution in [2.75, 3.05) is 13.2 Å². The van der Waals surface area contributed by atoms with Crippen LogP contribution in [0.25, 0.3) is 11.1 Å². The molecular weight excluding hydrogens is 395 g/mol. The minimum atomic E-state index is -4.38. The molecule has 0 bridgehead atoms. The van der Waals surface area contributed by atoms with Crippen LogP contribution in [-0.2, 0) is 6.18 Å². The second kappa shape index (κ2) is 8.76. The summed E-state index contributed by atoms with van der Waals surface area (Å²) in [5.41, 5.74) is 1.45. The molecule has 0 saturated carbocycles. The Kier molecular flexibility index (Phi) is 6.32. The number of carbonyl (C=O) groups excluding carboxylic acids is 1. The molecule has 1 fully saturated rings. The van der Waals surface area contributed by atoms with Crippen LogP contribution in [0.3, 0.4) is 0 Å². The van der Waals surface area contributed by atoms with Gasteiger partial charge in [-0.1, -0.05) is 43.3 Å². The molecule has 0 aromatic heterocycles.